The summed E-state index contributed by atoms with van der Waals surface area (Å²) in [7, 11) is 6.33. The molecule has 2 radical (unpaired) electrons. The van der Waals surface area contributed by atoms with Crippen molar-refractivity contribution in [2.75, 3.05) is 5.75 Å². The first-order chi connectivity index (χ1) is 13.7. The third kappa shape index (κ3) is 12.2. The standard InChI is InChI=1S/C22H29BS2.CH2O2/c1-2-9-21(23)16-22(25-18-20-12-7-4-8-13-20)14-15-24-17-19-10-5-3-6-11-19;2-1-3/h3-8,10-13,21-22H,2,9,14-18H2,1H3;1H,(H,2,3). The highest BCUT2D eigenvalue weighted by Crippen LogP contribution is 2.30. The van der Waals surface area contributed by atoms with Crippen LogP contribution >= 0.6 is 23.5 Å². The summed E-state index contributed by atoms with van der Waals surface area (Å²) in [5.74, 6) is 3.75. The van der Waals surface area contributed by atoms with E-state index in [4.69, 9.17) is 17.7 Å². The second-order valence-electron chi connectivity index (χ2n) is 6.64. The molecule has 0 saturated heterocycles. The monoisotopic (exact) mass is 414 g/mol. The molecule has 150 valence electrons. The summed E-state index contributed by atoms with van der Waals surface area (Å²) in [4.78, 5) is 8.36. The topological polar surface area (TPSA) is 37.3 Å². The summed E-state index contributed by atoms with van der Waals surface area (Å²) in [6, 6.07) is 21.5. The number of benzene rings is 2. The van der Waals surface area contributed by atoms with Gasteiger partial charge in [-0.1, -0.05) is 86.2 Å². The first kappa shape index (κ1) is 24.7. The molecule has 0 aliphatic carbocycles. The lowest BCUT2D eigenvalue weighted by Gasteiger charge is -2.21. The molecule has 2 aromatic carbocycles. The van der Waals surface area contributed by atoms with Crippen LogP contribution in [0.4, 0.5) is 0 Å². The smallest absolute Gasteiger partial charge is 0.290 e. The number of rotatable bonds is 12. The van der Waals surface area contributed by atoms with Gasteiger partial charge >= 0.3 is 0 Å². The summed E-state index contributed by atoms with van der Waals surface area (Å²) in [5, 5.41) is 7.55. The molecule has 5 heteroatoms. The summed E-state index contributed by atoms with van der Waals surface area (Å²) in [5.41, 5.74) is 2.84. The summed E-state index contributed by atoms with van der Waals surface area (Å²) in [6.07, 6.45) is 4.70. The van der Waals surface area contributed by atoms with Crippen LogP contribution < -0.4 is 0 Å². The van der Waals surface area contributed by atoms with E-state index in [0.717, 1.165) is 24.3 Å². The Hall–Kier alpha value is -1.33. The van der Waals surface area contributed by atoms with Gasteiger partial charge in [0, 0.05) is 16.8 Å². The zero-order valence-electron chi connectivity index (χ0n) is 16.7. The lowest BCUT2D eigenvalue weighted by molar-refractivity contribution is -0.122. The minimum Gasteiger partial charge on any atom is -0.483 e. The van der Waals surface area contributed by atoms with E-state index >= 15 is 0 Å². The van der Waals surface area contributed by atoms with Crippen LogP contribution in [0.3, 0.4) is 0 Å². The molecule has 28 heavy (non-hydrogen) atoms. The molecule has 0 aliphatic rings. The van der Waals surface area contributed by atoms with Crippen LogP contribution in [-0.2, 0) is 16.3 Å². The van der Waals surface area contributed by atoms with Gasteiger partial charge in [0.15, 0.2) is 0 Å². The molecule has 1 N–H and O–H groups in total. The predicted molar refractivity (Wildman–Crippen MR) is 126 cm³/mol. The van der Waals surface area contributed by atoms with Gasteiger partial charge in [0.25, 0.3) is 6.47 Å². The zero-order valence-corrected chi connectivity index (χ0v) is 18.3. The number of hydrogen-bond donors (Lipinski definition) is 1. The first-order valence-corrected chi connectivity index (χ1v) is 12.0. The number of hydrogen-bond acceptors (Lipinski definition) is 3. The van der Waals surface area contributed by atoms with Crippen LogP contribution in [0.25, 0.3) is 0 Å². The SMILES string of the molecule is O=CO.[B]C(CCC)CC(CCSCc1ccccc1)SCc1ccccc1. The first-order valence-electron chi connectivity index (χ1n) is 9.80. The van der Waals surface area contributed by atoms with Crippen LogP contribution in [0.1, 0.15) is 43.7 Å². The number of carboxylic acid groups (broad SMARTS) is 1. The highest BCUT2D eigenvalue weighted by molar-refractivity contribution is 7.99. The molecule has 0 heterocycles. The van der Waals surface area contributed by atoms with E-state index in [9.17, 15) is 0 Å². The van der Waals surface area contributed by atoms with Crippen molar-refractivity contribution in [3.63, 3.8) is 0 Å². The summed E-state index contributed by atoms with van der Waals surface area (Å²) < 4.78 is 0. The van der Waals surface area contributed by atoms with Crippen molar-refractivity contribution in [3.8, 4) is 0 Å². The Balaban J connectivity index is 0.00000122. The van der Waals surface area contributed by atoms with Crippen LogP contribution in [0.5, 0.6) is 0 Å². The molecule has 0 saturated carbocycles. The highest BCUT2D eigenvalue weighted by atomic mass is 32.2. The fourth-order valence-corrected chi connectivity index (χ4v) is 5.32. The molecule has 2 rings (SSSR count). The molecule has 0 aromatic heterocycles. The van der Waals surface area contributed by atoms with Crippen LogP contribution in [-0.4, -0.2) is 30.4 Å². The van der Waals surface area contributed by atoms with E-state index in [0.29, 0.717) is 11.1 Å². The van der Waals surface area contributed by atoms with E-state index in [1.54, 1.807) is 0 Å². The molecule has 0 spiro atoms. The molecular formula is C23H31BO2S2. The van der Waals surface area contributed by atoms with E-state index < -0.39 is 0 Å². The average Bonchev–Trinajstić information content (AvgIpc) is 2.71. The van der Waals surface area contributed by atoms with E-state index in [-0.39, 0.29) is 6.47 Å². The van der Waals surface area contributed by atoms with Gasteiger partial charge in [-0.2, -0.15) is 23.5 Å². The van der Waals surface area contributed by atoms with Gasteiger partial charge in [0.1, 0.15) is 0 Å². The molecule has 2 aromatic rings. The van der Waals surface area contributed by atoms with Crippen molar-refractivity contribution in [2.24, 2.45) is 0 Å². The molecule has 2 atom stereocenters. The molecule has 0 amide bonds. The van der Waals surface area contributed by atoms with Gasteiger partial charge in [0.2, 0.25) is 0 Å². The third-order valence-corrected chi connectivity index (χ3v) is 6.71. The summed E-state index contributed by atoms with van der Waals surface area (Å²) in [6.45, 7) is 1.97. The van der Waals surface area contributed by atoms with Gasteiger partial charge in [-0.15, -0.1) is 0 Å². The molecule has 0 aliphatic heterocycles. The lowest BCUT2D eigenvalue weighted by atomic mass is 9.80. The van der Waals surface area contributed by atoms with Crippen LogP contribution in [0.15, 0.2) is 60.7 Å². The van der Waals surface area contributed by atoms with Gasteiger partial charge in [-0.05, 0) is 29.7 Å². The van der Waals surface area contributed by atoms with Gasteiger partial charge in [-0.3, -0.25) is 4.79 Å². The Morgan fingerprint density at radius 1 is 0.964 bits per heavy atom. The predicted octanol–water partition coefficient (Wildman–Crippen LogP) is 6.46. The van der Waals surface area contributed by atoms with Gasteiger partial charge < -0.3 is 5.11 Å². The largest absolute Gasteiger partial charge is 0.483 e. The third-order valence-electron chi connectivity index (χ3n) is 4.25. The zero-order chi connectivity index (χ0) is 20.5. The van der Waals surface area contributed by atoms with Crippen molar-refractivity contribution in [1.82, 2.24) is 0 Å². The molecule has 2 nitrogen and oxygen atoms in total. The van der Waals surface area contributed by atoms with E-state index in [1.165, 1.54) is 29.7 Å². The Labute approximate surface area is 180 Å². The van der Waals surface area contributed by atoms with Crippen LogP contribution in [0.2, 0.25) is 5.82 Å². The minimum absolute atomic E-state index is 0.250. The Bertz CT molecular complexity index is 611. The maximum atomic E-state index is 8.36. The second-order valence-corrected chi connectivity index (χ2v) is 9.03. The van der Waals surface area contributed by atoms with Crippen molar-refractivity contribution in [2.45, 2.75) is 55.2 Å². The normalized spacial score (nSPS) is 12.5. The quantitative estimate of drug-likeness (QED) is 0.246. The summed E-state index contributed by atoms with van der Waals surface area (Å²) >= 11 is 4.12. The van der Waals surface area contributed by atoms with Gasteiger partial charge in [0.05, 0.1) is 7.85 Å². The average molecular weight is 414 g/mol. The van der Waals surface area contributed by atoms with Crippen molar-refractivity contribution >= 4 is 37.8 Å². The number of thioether (sulfide) groups is 2. The Morgan fingerprint density at radius 3 is 2.04 bits per heavy atom. The van der Waals surface area contributed by atoms with Crippen molar-refractivity contribution in [1.29, 1.82) is 0 Å². The highest BCUT2D eigenvalue weighted by Gasteiger charge is 2.13. The molecular weight excluding hydrogens is 383 g/mol. The fraction of sp³-hybridized carbons (Fsp3) is 0.435. The van der Waals surface area contributed by atoms with Gasteiger partial charge in [-0.25, -0.2) is 0 Å². The Morgan fingerprint density at radius 2 is 1.50 bits per heavy atom. The maximum absolute atomic E-state index is 8.36. The van der Waals surface area contributed by atoms with Crippen LogP contribution in [0, 0.1) is 0 Å². The lowest BCUT2D eigenvalue weighted by Crippen LogP contribution is -2.09. The molecule has 0 fully saturated rings. The number of carbonyl (C=O) groups is 1. The van der Waals surface area contributed by atoms with E-state index in [1.807, 2.05) is 11.8 Å². The maximum Gasteiger partial charge on any atom is 0.290 e. The van der Waals surface area contributed by atoms with E-state index in [2.05, 4.69) is 79.3 Å². The second kappa shape index (κ2) is 16.6. The molecule has 0 bridgehead atoms. The fourth-order valence-electron chi connectivity index (χ4n) is 2.86. The minimum atomic E-state index is -0.250. The van der Waals surface area contributed by atoms with Crippen molar-refractivity contribution < 1.29 is 9.90 Å². The molecule has 2 unspecified atom stereocenters. The van der Waals surface area contributed by atoms with Crippen molar-refractivity contribution in [3.05, 3.63) is 71.8 Å². The Kier molecular flexibility index (Phi) is 14.7.